The Kier molecular flexibility index (Phi) is 2.35. The van der Waals surface area contributed by atoms with Gasteiger partial charge in [0.1, 0.15) is 5.76 Å². The van der Waals surface area contributed by atoms with E-state index in [0.29, 0.717) is 0 Å². The molecule has 17 heavy (non-hydrogen) atoms. The highest BCUT2D eigenvalue weighted by molar-refractivity contribution is 5.88. The fourth-order valence-corrected chi connectivity index (χ4v) is 3.47. The molecule has 0 bridgehead atoms. The van der Waals surface area contributed by atoms with E-state index in [0.717, 1.165) is 12.3 Å². The summed E-state index contributed by atoms with van der Waals surface area (Å²) < 4.78 is 5.52. The standard InChI is InChI=1S/C14H17NO2/c1-2-12(16)15-10-14(7-3-4-8-14)13(15)11-6-5-9-17-11/h2,5-6,9,13H,1,3-4,7-8,10H2. The molecule has 1 aromatic rings. The maximum atomic E-state index is 11.8. The first-order chi connectivity index (χ1) is 8.27. The molecule has 1 spiro atoms. The van der Waals surface area contributed by atoms with Crippen LogP contribution in [0.4, 0.5) is 0 Å². The van der Waals surface area contributed by atoms with Gasteiger partial charge in [0, 0.05) is 12.0 Å². The van der Waals surface area contributed by atoms with Crippen LogP contribution in [0.3, 0.4) is 0 Å². The molecule has 1 saturated carbocycles. The maximum absolute atomic E-state index is 11.8. The van der Waals surface area contributed by atoms with E-state index in [9.17, 15) is 4.79 Å². The molecule has 2 heterocycles. The van der Waals surface area contributed by atoms with Crippen molar-refractivity contribution in [1.82, 2.24) is 4.90 Å². The minimum absolute atomic E-state index is 0.0175. The number of rotatable bonds is 2. The Morgan fingerprint density at radius 2 is 2.29 bits per heavy atom. The van der Waals surface area contributed by atoms with Crippen LogP contribution in [-0.2, 0) is 4.79 Å². The summed E-state index contributed by atoms with van der Waals surface area (Å²) in [5.41, 5.74) is 0.274. The first-order valence-corrected chi connectivity index (χ1v) is 6.23. The molecular formula is C14H17NO2. The highest BCUT2D eigenvalue weighted by Gasteiger charge is 2.56. The van der Waals surface area contributed by atoms with Gasteiger partial charge < -0.3 is 9.32 Å². The van der Waals surface area contributed by atoms with Gasteiger partial charge in [-0.3, -0.25) is 4.79 Å². The number of furan rings is 1. The predicted octanol–water partition coefficient (Wildman–Crippen LogP) is 2.91. The smallest absolute Gasteiger partial charge is 0.246 e. The summed E-state index contributed by atoms with van der Waals surface area (Å²) in [4.78, 5) is 13.7. The van der Waals surface area contributed by atoms with Crippen LogP contribution in [0.25, 0.3) is 0 Å². The van der Waals surface area contributed by atoms with E-state index in [-0.39, 0.29) is 17.4 Å². The van der Waals surface area contributed by atoms with Gasteiger partial charge in [-0.05, 0) is 31.1 Å². The molecule has 1 aliphatic carbocycles. The molecular weight excluding hydrogens is 214 g/mol. The fraction of sp³-hybridized carbons (Fsp3) is 0.500. The van der Waals surface area contributed by atoms with Crippen molar-refractivity contribution in [2.45, 2.75) is 31.7 Å². The third-order valence-corrected chi connectivity index (χ3v) is 4.25. The molecule has 1 atom stereocenters. The zero-order valence-corrected chi connectivity index (χ0v) is 9.89. The van der Waals surface area contributed by atoms with E-state index in [2.05, 4.69) is 6.58 Å². The van der Waals surface area contributed by atoms with Crippen molar-refractivity contribution in [2.24, 2.45) is 5.41 Å². The minimum Gasteiger partial charge on any atom is -0.467 e. The Hall–Kier alpha value is -1.51. The Morgan fingerprint density at radius 1 is 1.53 bits per heavy atom. The minimum atomic E-state index is 0.0175. The molecule has 2 aliphatic rings. The van der Waals surface area contributed by atoms with Gasteiger partial charge in [0.05, 0.1) is 12.3 Å². The van der Waals surface area contributed by atoms with E-state index < -0.39 is 0 Å². The molecule has 0 radical (unpaired) electrons. The average Bonchev–Trinajstić information content (AvgIpc) is 2.96. The van der Waals surface area contributed by atoms with Crippen molar-refractivity contribution < 1.29 is 9.21 Å². The summed E-state index contributed by atoms with van der Waals surface area (Å²) in [6.07, 6.45) is 8.05. The molecule has 2 fully saturated rings. The molecule has 0 aromatic carbocycles. The maximum Gasteiger partial charge on any atom is 0.246 e. The number of amides is 1. The number of carbonyl (C=O) groups is 1. The summed E-state index contributed by atoms with van der Waals surface area (Å²) in [6, 6.07) is 4.01. The van der Waals surface area contributed by atoms with Crippen LogP contribution in [0.5, 0.6) is 0 Å². The van der Waals surface area contributed by atoms with Crippen molar-refractivity contribution in [3.05, 3.63) is 36.8 Å². The van der Waals surface area contributed by atoms with Crippen LogP contribution in [-0.4, -0.2) is 17.4 Å². The highest BCUT2D eigenvalue weighted by atomic mass is 16.3. The van der Waals surface area contributed by atoms with Crippen molar-refractivity contribution in [3.63, 3.8) is 0 Å². The van der Waals surface area contributed by atoms with Crippen LogP contribution in [0.1, 0.15) is 37.5 Å². The fourth-order valence-electron chi connectivity index (χ4n) is 3.47. The molecule has 0 N–H and O–H groups in total. The SMILES string of the molecule is C=CC(=O)N1CC2(CCCC2)C1c1ccco1. The number of nitrogens with zero attached hydrogens (tertiary/aromatic N) is 1. The van der Waals surface area contributed by atoms with Crippen molar-refractivity contribution >= 4 is 5.91 Å². The summed E-state index contributed by atoms with van der Waals surface area (Å²) in [6.45, 7) is 4.44. The number of carbonyl (C=O) groups excluding carboxylic acids is 1. The second-order valence-electron chi connectivity index (χ2n) is 5.16. The molecule has 3 nitrogen and oxygen atoms in total. The van der Waals surface area contributed by atoms with Crippen molar-refractivity contribution in [3.8, 4) is 0 Å². The summed E-state index contributed by atoms with van der Waals surface area (Å²) in [7, 11) is 0. The van der Waals surface area contributed by atoms with E-state index in [1.165, 1.54) is 31.8 Å². The lowest BCUT2D eigenvalue weighted by Gasteiger charge is -2.55. The Labute approximate surface area is 101 Å². The van der Waals surface area contributed by atoms with Gasteiger partial charge in [-0.15, -0.1) is 0 Å². The van der Waals surface area contributed by atoms with Gasteiger partial charge in [0.15, 0.2) is 0 Å². The summed E-state index contributed by atoms with van der Waals surface area (Å²) in [5, 5.41) is 0. The second-order valence-corrected chi connectivity index (χ2v) is 5.16. The van der Waals surface area contributed by atoms with Crippen molar-refractivity contribution in [1.29, 1.82) is 0 Å². The van der Waals surface area contributed by atoms with E-state index in [1.54, 1.807) is 6.26 Å². The average molecular weight is 231 g/mol. The normalized spacial score (nSPS) is 25.9. The first-order valence-electron chi connectivity index (χ1n) is 6.23. The van der Waals surface area contributed by atoms with Crippen LogP contribution in [0.15, 0.2) is 35.5 Å². The molecule has 1 unspecified atom stereocenters. The zero-order chi connectivity index (χ0) is 11.9. The van der Waals surface area contributed by atoms with Gasteiger partial charge in [0.2, 0.25) is 5.91 Å². The monoisotopic (exact) mass is 231 g/mol. The third kappa shape index (κ3) is 1.45. The molecule has 3 heteroatoms. The molecule has 90 valence electrons. The van der Waals surface area contributed by atoms with E-state index >= 15 is 0 Å². The predicted molar refractivity (Wildman–Crippen MR) is 64.3 cm³/mol. The molecule has 1 aromatic heterocycles. The number of likely N-dealkylation sites (tertiary alicyclic amines) is 1. The second kappa shape index (κ2) is 3.76. The van der Waals surface area contributed by atoms with Gasteiger partial charge in [-0.2, -0.15) is 0 Å². The molecule has 1 amide bonds. The Balaban J connectivity index is 1.91. The van der Waals surface area contributed by atoms with Gasteiger partial charge in [-0.25, -0.2) is 0 Å². The lowest BCUT2D eigenvalue weighted by Crippen LogP contribution is -2.58. The quantitative estimate of drug-likeness (QED) is 0.733. The summed E-state index contributed by atoms with van der Waals surface area (Å²) in [5.74, 6) is 0.942. The first kappa shape index (κ1) is 10.6. The molecule has 3 rings (SSSR count). The van der Waals surface area contributed by atoms with Gasteiger partial charge in [0.25, 0.3) is 0 Å². The Bertz CT molecular complexity index is 429. The van der Waals surface area contributed by atoms with Crippen LogP contribution in [0, 0.1) is 5.41 Å². The van der Waals surface area contributed by atoms with Gasteiger partial charge >= 0.3 is 0 Å². The number of hydrogen-bond acceptors (Lipinski definition) is 2. The Morgan fingerprint density at radius 3 is 2.88 bits per heavy atom. The van der Waals surface area contributed by atoms with Crippen LogP contribution in [0.2, 0.25) is 0 Å². The molecule has 1 aliphatic heterocycles. The van der Waals surface area contributed by atoms with E-state index in [1.807, 2.05) is 17.0 Å². The van der Waals surface area contributed by atoms with Gasteiger partial charge in [-0.1, -0.05) is 19.4 Å². The molecule has 1 saturated heterocycles. The lowest BCUT2D eigenvalue weighted by atomic mass is 9.69. The largest absolute Gasteiger partial charge is 0.467 e. The topological polar surface area (TPSA) is 33.5 Å². The van der Waals surface area contributed by atoms with E-state index in [4.69, 9.17) is 4.42 Å². The van der Waals surface area contributed by atoms with Crippen LogP contribution >= 0.6 is 0 Å². The van der Waals surface area contributed by atoms with Crippen molar-refractivity contribution in [2.75, 3.05) is 6.54 Å². The zero-order valence-electron chi connectivity index (χ0n) is 9.89. The lowest BCUT2D eigenvalue weighted by molar-refractivity contribution is -0.151. The van der Waals surface area contributed by atoms with Crippen LogP contribution < -0.4 is 0 Å². The third-order valence-electron chi connectivity index (χ3n) is 4.25. The number of hydrogen-bond donors (Lipinski definition) is 0. The summed E-state index contributed by atoms with van der Waals surface area (Å²) >= 11 is 0. The highest BCUT2D eigenvalue weighted by Crippen LogP contribution is 2.58.